The van der Waals surface area contributed by atoms with Gasteiger partial charge in [-0.1, -0.05) is 0 Å². The van der Waals surface area contributed by atoms with Crippen molar-refractivity contribution in [1.82, 2.24) is 14.9 Å². The van der Waals surface area contributed by atoms with E-state index in [1.807, 2.05) is 16.7 Å². The van der Waals surface area contributed by atoms with Gasteiger partial charge in [-0.3, -0.25) is 9.69 Å². The highest BCUT2D eigenvalue weighted by Gasteiger charge is 2.70. The highest BCUT2D eigenvalue weighted by Crippen LogP contribution is 2.67. The first-order valence-corrected chi connectivity index (χ1v) is 12.2. The number of carbonyl (C=O) groups is 1. The third-order valence-electron chi connectivity index (χ3n) is 7.92. The van der Waals surface area contributed by atoms with Gasteiger partial charge < -0.3 is 21.1 Å². The van der Waals surface area contributed by atoms with Gasteiger partial charge in [0.1, 0.15) is 6.33 Å². The van der Waals surface area contributed by atoms with Gasteiger partial charge in [-0.15, -0.1) is 0 Å². The molecule has 2 saturated carbocycles. The van der Waals surface area contributed by atoms with Crippen molar-refractivity contribution in [2.24, 2.45) is 23.0 Å². The maximum Gasteiger partial charge on any atom is 0.254 e. The topological polar surface area (TPSA) is 108 Å². The highest BCUT2D eigenvalue weighted by atomic mass is 19.3. The molecule has 190 valence electrons. The van der Waals surface area contributed by atoms with Gasteiger partial charge in [0.15, 0.2) is 11.6 Å². The maximum atomic E-state index is 15.3. The molecule has 0 aromatic carbocycles. The summed E-state index contributed by atoms with van der Waals surface area (Å²) < 4.78 is 42.6. The van der Waals surface area contributed by atoms with Crippen LogP contribution in [-0.2, 0) is 4.79 Å². The molecule has 2 atom stereocenters. The summed E-state index contributed by atoms with van der Waals surface area (Å²) in [5.41, 5.74) is 4.45. The third-order valence-corrected chi connectivity index (χ3v) is 7.92. The summed E-state index contributed by atoms with van der Waals surface area (Å²) in [6.07, 6.45) is 3.81. The standard InChI is InChI=1S/C23H35F3N6O2/c1-2-32(10-15-3-6-22(7-4-15)13-23(22,25)26)21-19(24)20(29-14-30-21)28-9-16-5-8-31(11-17(16)33)12-18(27)34/h14-17,33H,2-13H2,1H3,(H2,27,34)(H,28,29,30)/t15?,16-,17+,22?/m1/s1. The number of alkyl halides is 2. The molecular formula is C23H35F3N6O2. The van der Waals surface area contributed by atoms with Crippen LogP contribution in [0.5, 0.6) is 0 Å². The van der Waals surface area contributed by atoms with Gasteiger partial charge in [0.25, 0.3) is 5.92 Å². The Morgan fingerprint density at radius 1 is 1.32 bits per heavy atom. The number of aliphatic hydroxyl groups is 1. The Labute approximate surface area is 198 Å². The van der Waals surface area contributed by atoms with Crippen LogP contribution in [0, 0.1) is 23.1 Å². The van der Waals surface area contributed by atoms with E-state index in [1.165, 1.54) is 6.33 Å². The second-order valence-electron chi connectivity index (χ2n) is 10.2. The Balaban J connectivity index is 1.32. The van der Waals surface area contributed by atoms with Crippen LogP contribution in [0.25, 0.3) is 0 Å². The van der Waals surface area contributed by atoms with Gasteiger partial charge in [-0.05, 0) is 51.5 Å². The lowest BCUT2D eigenvalue weighted by molar-refractivity contribution is -0.120. The van der Waals surface area contributed by atoms with Gasteiger partial charge in [0.2, 0.25) is 11.7 Å². The second-order valence-corrected chi connectivity index (χ2v) is 10.2. The van der Waals surface area contributed by atoms with Crippen LogP contribution in [0.15, 0.2) is 6.33 Å². The van der Waals surface area contributed by atoms with E-state index in [4.69, 9.17) is 5.73 Å². The van der Waals surface area contributed by atoms with Crippen LogP contribution in [0.3, 0.4) is 0 Å². The summed E-state index contributed by atoms with van der Waals surface area (Å²) in [5, 5.41) is 13.4. The van der Waals surface area contributed by atoms with Crippen molar-refractivity contribution in [3.05, 3.63) is 12.1 Å². The second kappa shape index (κ2) is 9.85. The number of anilines is 2. The zero-order valence-corrected chi connectivity index (χ0v) is 19.7. The van der Waals surface area contributed by atoms with Gasteiger partial charge in [0, 0.05) is 43.9 Å². The molecule has 1 aliphatic heterocycles. The molecule has 4 N–H and O–H groups in total. The Morgan fingerprint density at radius 3 is 2.62 bits per heavy atom. The Morgan fingerprint density at radius 2 is 2.03 bits per heavy atom. The smallest absolute Gasteiger partial charge is 0.254 e. The number of nitrogens with two attached hydrogens (primary N) is 1. The van der Waals surface area contributed by atoms with E-state index in [-0.39, 0.29) is 36.4 Å². The number of primary amides is 1. The molecule has 2 aliphatic carbocycles. The number of nitrogens with one attached hydrogen (secondary N) is 1. The summed E-state index contributed by atoms with van der Waals surface area (Å²) >= 11 is 0. The third kappa shape index (κ3) is 5.25. The fraction of sp³-hybridized carbons (Fsp3) is 0.783. The van der Waals surface area contributed by atoms with E-state index in [0.717, 1.165) is 12.8 Å². The van der Waals surface area contributed by atoms with Crippen LogP contribution in [0.1, 0.15) is 45.4 Å². The lowest BCUT2D eigenvalue weighted by atomic mass is 9.79. The molecule has 2 heterocycles. The molecule has 3 fully saturated rings. The number of β-amino-alcohol motifs (C(OH)–C–C–N with tert-alkyl or cyclic N) is 1. The molecule has 0 unspecified atom stereocenters. The molecule has 1 saturated heterocycles. The highest BCUT2D eigenvalue weighted by molar-refractivity contribution is 5.75. The van der Waals surface area contributed by atoms with E-state index in [9.17, 15) is 18.7 Å². The zero-order valence-electron chi connectivity index (χ0n) is 19.7. The summed E-state index contributed by atoms with van der Waals surface area (Å²) in [5.74, 6) is -3.09. The molecule has 1 aromatic rings. The van der Waals surface area contributed by atoms with E-state index < -0.39 is 29.2 Å². The molecule has 34 heavy (non-hydrogen) atoms. The Hall–Kier alpha value is -2.14. The minimum Gasteiger partial charge on any atom is -0.391 e. The zero-order chi connectivity index (χ0) is 24.5. The lowest BCUT2D eigenvalue weighted by Gasteiger charge is -2.35. The van der Waals surface area contributed by atoms with Crippen molar-refractivity contribution in [3.8, 4) is 0 Å². The van der Waals surface area contributed by atoms with Crippen molar-refractivity contribution in [3.63, 3.8) is 0 Å². The molecule has 0 radical (unpaired) electrons. The predicted octanol–water partition coefficient (Wildman–Crippen LogP) is 2.24. The van der Waals surface area contributed by atoms with E-state index in [1.54, 1.807) is 0 Å². The van der Waals surface area contributed by atoms with Gasteiger partial charge in [0.05, 0.1) is 12.6 Å². The Kier molecular flexibility index (Phi) is 7.23. The minimum atomic E-state index is -2.51. The fourth-order valence-electron chi connectivity index (χ4n) is 5.59. The first-order chi connectivity index (χ1) is 16.1. The number of nitrogens with zero attached hydrogens (tertiary/aromatic N) is 4. The molecule has 4 rings (SSSR count). The number of amides is 1. The monoisotopic (exact) mass is 484 g/mol. The summed E-state index contributed by atoms with van der Waals surface area (Å²) in [4.78, 5) is 23.0. The maximum absolute atomic E-state index is 15.3. The Bertz CT molecular complexity index is 880. The van der Waals surface area contributed by atoms with Crippen LogP contribution in [0.4, 0.5) is 24.8 Å². The van der Waals surface area contributed by atoms with Crippen molar-refractivity contribution in [2.75, 3.05) is 49.5 Å². The summed E-state index contributed by atoms with van der Waals surface area (Å²) in [6, 6.07) is 0. The SMILES string of the molecule is CCN(CC1CCC2(CC1)CC2(F)F)c1ncnc(NC[C@H]2CCN(CC(N)=O)C[C@@H]2O)c1F. The molecular weight excluding hydrogens is 449 g/mol. The summed E-state index contributed by atoms with van der Waals surface area (Å²) in [6.45, 7) is 4.45. The first kappa shape index (κ1) is 25.0. The lowest BCUT2D eigenvalue weighted by Crippen LogP contribution is -2.48. The molecule has 1 spiro atoms. The van der Waals surface area contributed by atoms with Crippen molar-refractivity contribution in [2.45, 2.75) is 57.5 Å². The van der Waals surface area contributed by atoms with Gasteiger partial charge in [-0.2, -0.15) is 4.39 Å². The van der Waals surface area contributed by atoms with E-state index >= 15 is 4.39 Å². The van der Waals surface area contributed by atoms with E-state index in [2.05, 4.69) is 15.3 Å². The number of hydrogen-bond acceptors (Lipinski definition) is 7. The van der Waals surface area contributed by atoms with Gasteiger partial charge >= 0.3 is 0 Å². The number of piperidine rings is 1. The average Bonchev–Trinajstić information content (AvgIpc) is 3.32. The number of halogens is 3. The van der Waals surface area contributed by atoms with Crippen molar-refractivity contribution >= 4 is 17.5 Å². The predicted molar refractivity (Wildman–Crippen MR) is 122 cm³/mol. The van der Waals surface area contributed by atoms with Crippen LogP contribution in [-0.4, -0.2) is 77.2 Å². The minimum absolute atomic E-state index is 0.0125. The largest absolute Gasteiger partial charge is 0.391 e. The summed E-state index contributed by atoms with van der Waals surface area (Å²) in [7, 11) is 0. The molecule has 8 nitrogen and oxygen atoms in total. The number of aromatic nitrogens is 2. The van der Waals surface area contributed by atoms with Gasteiger partial charge in [-0.25, -0.2) is 18.7 Å². The first-order valence-electron chi connectivity index (χ1n) is 12.2. The molecule has 1 aromatic heterocycles. The molecule has 1 amide bonds. The number of aliphatic hydroxyl groups excluding tert-OH is 1. The van der Waals surface area contributed by atoms with Crippen molar-refractivity contribution < 1.29 is 23.1 Å². The molecule has 0 bridgehead atoms. The fourth-order valence-corrected chi connectivity index (χ4v) is 5.59. The van der Waals surface area contributed by atoms with Crippen molar-refractivity contribution in [1.29, 1.82) is 0 Å². The normalized spacial score (nSPS) is 30.8. The van der Waals surface area contributed by atoms with Crippen LogP contribution < -0.4 is 16.0 Å². The quantitative estimate of drug-likeness (QED) is 0.493. The number of hydrogen-bond donors (Lipinski definition) is 3. The number of carbonyl (C=O) groups excluding carboxylic acids is 1. The molecule has 11 heteroatoms. The van der Waals surface area contributed by atoms with Crippen LogP contribution >= 0.6 is 0 Å². The number of likely N-dealkylation sites (tertiary alicyclic amines) is 1. The van der Waals surface area contributed by atoms with E-state index in [0.29, 0.717) is 52.0 Å². The number of rotatable bonds is 9. The average molecular weight is 485 g/mol. The molecule has 3 aliphatic rings. The van der Waals surface area contributed by atoms with Crippen LogP contribution in [0.2, 0.25) is 0 Å².